The quantitative estimate of drug-likeness (QED) is 0.826. The van der Waals surface area contributed by atoms with Crippen molar-refractivity contribution in [3.05, 3.63) is 24.3 Å². The molecule has 1 unspecified atom stereocenters. The van der Waals surface area contributed by atoms with Gasteiger partial charge in [0.15, 0.2) is 0 Å². The maximum absolute atomic E-state index is 12.1. The SMILES string of the molecule is CSc1ccc(NC(=O)C(C)N2CC[C@H](O)C2)cc1. The highest BCUT2D eigenvalue weighted by molar-refractivity contribution is 7.98. The molecule has 2 N–H and O–H groups in total. The zero-order valence-corrected chi connectivity index (χ0v) is 12.1. The van der Waals surface area contributed by atoms with Gasteiger partial charge in [-0.25, -0.2) is 0 Å². The van der Waals surface area contributed by atoms with Crippen molar-refractivity contribution in [1.82, 2.24) is 4.90 Å². The number of benzene rings is 1. The highest BCUT2D eigenvalue weighted by atomic mass is 32.2. The summed E-state index contributed by atoms with van der Waals surface area (Å²) in [5, 5.41) is 12.4. The summed E-state index contributed by atoms with van der Waals surface area (Å²) in [4.78, 5) is 15.3. The van der Waals surface area contributed by atoms with E-state index in [2.05, 4.69) is 5.32 Å². The second-order valence-corrected chi connectivity index (χ2v) is 5.71. The Morgan fingerprint density at radius 1 is 1.47 bits per heavy atom. The molecule has 2 atom stereocenters. The molecule has 104 valence electrons. The Morgan fingerprint density at radius 2 is 2.16 bits per heavy atom. The first-order valence-corrected chi connectivity index (χ1v) is 7.69. The number of anilines is 1. The van der Waals surface area contributed by atoms with Crippen LogP contribution in [0.2, 0.25) is 0 Å². The van der Waals surface area contributed by atoms with Gasteiger partial charge in [0, 0.05) is 23.7 Å². The fourth-order valence-corrected chi connectivity index (χ4v) is 2.62. The van der Waals surface area contributed by atoms with Crippen LogP contribution in [-0.4, -0.2) is 47.4 Å². The average Bonchev–Trinajstić information content (AvgIpc) is 2.85. The van der Waals surface area contributed by atoms with Gasteiger partial charge in [0.2, 0.25) is 5.91 Å². The lowest BCUT2D eigenvalue weighted by molar-refractivity contribution is -0.120. The zero-order valence-electron chi connectivity index (χ0n) is 11.3. The van der Waals surface area contributed by atoms with E-state index >= 15 is 0 Å². The molecule has 2 rings (SSSR count). The lowest BCUT2D eigenvalue weighted by Gasteiger charge is -2.22. The van der Waals surface area contributed by atoms with E-state index in [9.17, 15) is 9.90 Å². The van der Waals surface area contributed by atoms with E-state index in [4.69, 9.17) is 0 Å². The number of β-amino-alcohol motifs (C(OH)–C–C–N with tert-alkyl or cyclic N) is 1. The number of nitrogens with one attached hydrogen (secondary N) is 1. The fraction of sp³-hybridized carbons (Fsp3) is 0.500. The first-order valence-electron chi connectivity index (χ1n) is 6.47. The Labute approximate surface area is 118 Å². The third-order valence-electron chi connectivity index (χ3n) is 3.48. The maximum Gasteiger partial charge on any atom is 0.241 e. The molecule has 0 radical (unpaired) electrons. The number of aliphatic hydroxyl groups is 1. The van der Waals surface area contributed by atoms with E-state index < -0.39 is 0 Å². The Bertz CT molecular complexity index is 436. The van der Waals surface area contributed by atoms with Gasteiger partial charge in [-0.15, -0.1) is 11.8 Å². The standard InChI is InChI=1S/C14H20N2O2S/c1-10(16-8-7-12(17)9-16)14(18)15-11-3-5-13(19-2)6-4-11/h3-6,10,12,17H,7-9H2,1-2H3,(H,15,18)/t10?,12-/m0/s1. The van der Waals surface area contributed by atoms with Crippen molar-refractivity contribution in [3.8, 4) is 0 Å². The van der Waals surface area contributed by atoms with Crippen molar-refractivity contribution >= 4 is 23.4 Å². The van der Waals surface area contributed by atoms with Crippen LogP contribution in [0.3, 0.4) is 0 Å². The van der Waals surface area contributed by atoms with Gasteiger partial charge in [0.05, 0.1) is 12.1 Å². The number of thioether (sulfide) groups is 1. The summed E-state index contributed by atoms with van der Waals surface area (Å²) in [5.74, 6) is -0.0222. The molecule has 5 heteroatoms. The minimum atomic E-state index is -0.295. The summed E-state index contributed by atoms with van der Waals surface area (Å²) >= 11 is 1.67. The summed E-state index contributed by atoms with van der Waals surface area (Å²) in [6.07, 6.45) is 2.48. The fourth-order valence-electron chi connectivity index (χ4n) is 2.21. The molecule has 0 bridgehead atoms. The van der Waals surface area contributed by atoms with Crippen LogP contribution in [0.25, 0.3) is 0 Å². The molecule has 1 saturated heterocycles. The Morgan fingerprint density at radius 3 is 2.68 bits per heavy atom. The van der Waals surface area contributed by atoms with Crippen molar-refractivity contribution < 1.29 is 9.90 Å². The van der Waals surface area contributed by atoms with Crippen LogP contribution in [-0.2, 0) is 4.79 Å². The van der Waals surface area contributed by atoms with Crippen LogP contribution in [0.5, 0.6) is 0 Å². The molecule has 4 nitrogen and oxygen atoms in total. The van der Waals surface area contributed by atoms with E-state index in [1.54, 1.807) is 11.8 Å². The van der Waals surface area contributed by atoms with Crippen LogP contribution < -0.4 is 5.32 Å². The van der Waals surface area contributed by atoms with Crippen LogP contribution in [0.15, 0.2) is 29.2 Å². The Balaban J connectivity index is 1.92. The number of carbonyl (C=O) groups excluding carboxylic acids is 1. The van der Waals surface area contributed by atoms with Gasteiger partial charge in [-0.3, -0.25) is 9.69 Å². The van der Waals surface area contributed by atoms with Crippen LogP contribution in [0.4, 0.5) is 5.69 Å². The van der Waals surface area contributed by atoms with Crippen molar-refractivity contribution in [2.45, 2.75) is 30.4 Å². The van der Waals surface area contributed by atoms with E-state index in [1.165, 1.54) is 4.90 Å². The topological polar surface area (TPSA) is 52.6 Å². The van der Waals surface area contributed by atoms with Gasteiger partial charge < -0.3 is 10.4 Å². The molecule has 1 aromatic rings. The number of likely N-dealkylation sites (tertiary alicyclic amines) is 1. The van der Waals surface area contributed by atoms with Gasteiger partial charge in [0.1, 0.15) is 0 Å². The third kappa shape index (κ3) is 3.72. The van der Waals surface area contributed by atoms with E-state index in [0.29, 0.717) is 6.54 Å². The lowest BCUT2D eigenvalue weighted by atomic mass is 10.2. The van der Waals surface area contributed by atoms with Crippen molar-refractivity contribution in [2.75, 3.05) is 24.7 Å². The molecular weight excluding hydrogens is 260 g/mol. The van der Waals surface area contributed by atoms with Crippen molar-refractivity contribution in [3.63, 3.8) is 0 Å². The summed E-state index contributed by atoms with van der Waals surface area (Å²) in [6, 6.07) is 7.59. The molecule has 0 aliphatic carbocycles. The van der Waals surface area contributed by atoms with Gasteiger partial charge in [0.25, 0.3) is 0 Å². The van der Waals surface area contributed by atoms with E-state index in [-0.39, 0.29) is 18.1 Å². The number of carbonyl (C=O) groups is 1. The molecule has 0 saturated carbocycles. The summed E-state index contributed by atoms with van der Waals surface area (Å²) in [6.45, 7) is 3.24. The number of aliphatic hydroxyl groups excluding tert-OH is 1. The average molecular weight is 280 g/mol. The smallest absolute Gasteiger partial charge is 0.241 e. The summed E-state index contributed by atoms with van der Waals surface area (Å²) in [5.41, 5.74) is 0.814. The first-order chi connectivity index (χ1) is 9.10. The monoisotopic (exact) mass is 280 g/mol. The second-order valence-electron chi connectivity index (χ2n) is 4.83. The minimum absolute atomic E-state index is 0.0222. The van der Waals surface area contributed by atoms with Gasteiger partial charge in [-0.1, -0.05) is 0 Å². The maximum atomic E-state index is 12.1. The normalized spacial score (nSPS) is 21.3. The Kier molecular flexibility index (Phi) is 4.85. The molecule has 1 aliphatic rings. The largest absolute Gasteiger partial charge is 0.392 e. The lowest BCUT2D eigenvalue weighted by Crippen LogP contribution is -2.41. The number of hydrogen-bond donors (Lipinski definition) is 2. The van der Waals surface area contributed by atoms with Crippen molar-refractivity contribution in [1.29, 1.82) is 0 Å². The highest BCUT2D eigenvalue weighted by Crippen LogP contribution is 2.18. The summed E-state index contributed by atoms with van der Waals surface area (Å²) in [7, 11) is 0. The van der Waals surface area contributed by atoms with Crippen LogP contribution in [0, 0.1) is 0 Å². The molecule has 1 aromatic carbocycles. The van der Waals surface area contributed by atoms with Crippen LogP contribution in [0.1, 0.15) is 13.3 Å². The number of nitrogens with zero attached hydrogens (tertiary/aromatic N) is 1. The number of hydrogen-bond acceptors (Lipinski definition) is 4. The van der Waals surface area contributed by atoms with Crippen molar-refractivity contribution in [2.24, 2.45) is 0 Å². The second kappa shape index (κ2) is 6.41. The molecule has 19 heavy (non-hydrogen) atoms. The predicted octanol–water partition coefficient (Wildman–Crippen LogP) is 1.80. The third-order valence-corrected chi connectivity index (χ3v) is 4.22. The molecule has 1 aliphatic heterocycles. The van der Waals surface area contributed by atoms with E-state index in [0.717, 1.165) is 18.7 Å². The molecule has 0 spiro atoms. The highest BCUT2D eigenvalue weighted by Gasteiger charge is 2.28. The summed E-state index contributed by atoms with van der Waals surface area (Å²) < 4.78 is 0. The molecule has 1 amide bonds. The zero-order chi connectivity index (χ0) is 13.8. The van der Waals surface area contributed by atoms with Gasteiger partial charge in [-0.05, 0) is 43.9 Å². The number of amides is 1. The first kappa shape index (κ1) is 14.4. The van der Waals surface area contributed by atoms with Gasteiger partial charge >= 0.3 is 0 Å². The minimum Gasteiger partial charge on any atom is -0.392 e. The number of rotatable bonds is 4. The molecule has 1 heterocycles. The Hall–Kier alpha value is -1.04. The van der Waals surface area contributed by atoms with Gasteiger partial charge in [-0.2, -0.15) is 0 Å². The predicted molar refractivity (Wildman–Crippen MR) is 78.5 cm³/mol. The molecule has 0 aromatic heterocycles. The van der Waals surface area contributed by atoms with Crippen LogP contribution >= 0.6 is 11.8 Å². The molecule has 1 fully saturated rings. The molecular formula is C14H20N2O2S. The van der Waals surface area contributed by atoms with E-state index in [1.807, 2.05) is 42.3 Å².